The summed E-state index contributed by atoms with van der Waals surface area (Å²) in [5.41, 5.74) is 4.95. The van der Waals surface area contributed by atoms with Crippen molar-refractivity contribution in [2.24, 2.45) is 5.73 Å². The normalized spacial score (nSPS) is 10.5. The SMILES string of the molecule is NCOS(=O)(=O)c1ccccc1.[NaH]. The fraction of sp³-hybridized carbons (Fsp3) is 0.143. The molecule has 0 atom stereocenters. The van der Waals surface area contributed by atoms with Crippen LogP contribution in [0, 0.1) is 0 Å². The Hall–Kier alpha value is 0.0900. The van der Waals surface area contributed by atoms with Crippen molar-refractivity contribution in [3.63, 3.8) is 0 Å². The van der Waals surface area contributed by atoms with Gasteiger partial charge in [-0.25, -0.2) is 0 Å². The molecule has 0 aromatic heterocycles. The Morgan fingerprint density at radius 1 is 1.23 bits per heavy atom. The molecule has 0 radical (unpaired) electrons. The molecule has 13 heavy (non-hydrogen) atoms. The Morgan fingerprint density at radius 3 is 2.23 bits per heavy atom. The van der Waals surface area contributed by atoms with E-state index >= 15 is 0 Å². The second-order valence-corrected chi connectivity index (χ2v) is 3.67. The Kier molecular flexibility index (Phi) is 5.78. The maximum absolute atomic E-state index is 11.1. The summed E-state index contributed by atoms with van der Waals surface area (Å²) in [7, 11) is -3.64. The van der Waals surface area contributed by atoms with E-state index in [1.165, 1.54) is 12.1 Å². The Bertz CT molecular complexity index is 338. The molecular formula is C7H10NNaO3S. The Morgan fingerprint density at radius 2 is 1.77 bits per heavy atom. The van der Waals surface area contributed by atoms with E-state index in [9.17, 15) is 8.42 Å². The third-order valence-electron chi connectivity index (χ3n) is 1.26. The quantitative estimate of drug-likeness (QED) is 0.422. The van der Waals surface area contributed by atoms with E-state index in [1.807, 2.05) is 0 Å². The van der Waals surface area contributed by atoms with Crippen LogP contribution in [0.25, 0.3) is 0 Å². The first-order valence-electron chi connectivity index (χ1n) is 3.31. The molecule has 0 fully saturated rings. The number of hydrogen-bond acceptors (Lipinski definition) is 4. The van der Waals surface area contributed by atoms with Crippen LogP contribution in [0.2, 0.25) is 0 Å². The van der Waals surface area contributed by atoms with Crippen molar-refractivity contribution in [1.29, 1.82) is 0 Å². The van der Waals surface area contributed by atoms with Crippen molar-refractivity contribution in [2.75, 3.05) is 6.73 Å². The third-order valence-corrected chi connectivity index (χ3v) is 2.55. The summed E-state index contributed by atoms with van der Waals surface area (Å²) in [6.45, 7) is -0.336. The van der Waals surface area contributed by atoms with Gasteiger partial charge in [-0.15, -0.1) is 0 Å². The fourth-order valence-electron chi connectivity index (χ4n) is 0.745. The maximum atomic E-state index is 11.1. The summed E-state index contributed by atoms with van der Waals surface area (Å²) in [5.74, 6) is 0. The summed E-state index contributed by atoms with van der Waals surface area (Å²) >= 11 is 0. The predicted octanol–water partition coefficient (Wildman–Crippen LogP) is -0.340. The van der Waals surface area contributed by atoms with E-state index < -0.39 is 10.1 Å². The first kappa shape index (κ1) is 13.1. The Labute approximate surface area is 99.5 Å². The van der Waals surface area contributed by atoms with Gasteiger partial charge in [0.15, 0.2) is 0 Å². The molecule has 1 aromatic rings. The molecular weight excluding hydrogens is 201 g/mol. The average molecular weight is 211 g/mol. The van der Waals surface area contributed by atoms with Gasteiger partial charge in [0, 0.05) is 0 Å². The van der Waals surface area contributed by atoms with Gasteiger partial charge in [0.2, 0.25) is 0 Å². The van der Waals surface area contributed by atoms with E-state index in [0.29, 0.717) is 0 Å². The predicted molar refractivity (Wildman–Crippen MR) is 50.9 cm³/mol. The van der Waals surface area contributed by atoms with E-state index in [-0.39, 0.29) is 41.2 Å². The van der Waals surface area contributed by atoms with Gasteiger partial charge >= 0.3 is 29.6 Å². The summed E-state index contributed by atoms with van der Waals surface area (Å²) in [6.07, 6.45) is 0. The van der Waals surface area contributed by atoms with Crippen LogP contribution in [-0.4, -0.2) is 44.7 Å². The molecule has 1 aromatic carbocycles. The van der Waals surface area contributed by atoms with E-state index in [0.717, 1.165) is 0 Å². The van der Waals surface area contributed by atoms with Gasteiger partial charge in [0.1, 0.15) is 6.73 Å². The van der Waals surface area contributed by atoms with Crippen molar-refractivity contribution in [3.05, 3.63) is 30.3 Å². The Balaban J connectivity index is 0.00000144. The van der Waals surface area contributed by atoms with Crippen LogP contribution in [0.4, 0.5) is 0 Å². The summed E-state index contributed by atoms with van der Waals surface area (Å²) in [6, 6.07) is 7.86. The second-order valence-electron chi connectivity index (χ2n) is 2.05. The van der Waals surface area contributed by atoms with Crippen molar-refractivity contribution >= 4 is 39.7 Å². The molecule has 2 N–H and O–H groups in total. The van der Waals surface area contributed by atoms with Crippen LogP contribution in [0.5, 0.6) is 0 Å². The van der Waals surface area contributed by atoms with Crippen LogP contribution < -0.4 is 5.73 Å². The average Bonchev–Trinajstić information content (AvgIpc) is 2.06. The van der Waals surface area contributed by atoms with Gasteiger partial charge in [0.05, 0.1) is 4.90 Å². The van der Waals surface area contributed by atoms with Gasteiger partial charge in [-0.2, -0.15) is 8.42 Å². The zero-order chi connectivity index (χ0) is 9.03. The molecule has 0 bridgehead atoms. The first-order valence-corrected chi connectivity index (χ1v) is 4.72. The number of rotatable bonds is 3. The molecule has 0 aliphatic carbocycles. The third kappa shape index (κ3) is 3.76. The molecule has 0 saturated carbocycles. The monoisotopic (exact) mass is 211 g/mol. The van der Waals surface area contributed by atoms with Gasteiger partial charge in [-0.1, -0.05) is 18.2 Å². The molecule has 4 nitrogen and oxygen atoms in total. The van der Waals surface area contributed by atoms with Crippen LogP contribution in [0.15, 0.2) is 35.2 Å². The van der Waals surface area contributed by atoms with Crippen molar-refractivity contribution in [3.8, 4) is 0 Å². The van der Waals surface area contributed by atoms with Crippen LogP contribution in [-0.2, 0) is 14.3 Å². The van der Waals surface area contributed by atoms with Crippen molar-refractivity contribution < 1.29 is 12.6 Å². The first-order chi connectivity index (χ1) is 5.67. The number of benzene rings is 1. The number of nitrogens with two attached hydrogens (primary N) is 1. The van der Waals surface area contributed by atoms with Crippen LogP contribution in [0.3, 0.4) is 0 Å². The van der Waals surface area contributed by atoms with E-state index in [4.69, 9.17) is 5.73 Å². The molecule has 0 spiro atoms. The van der Waals surface area contributed by atoms with E-state index in [1.54, 1.807) is 18.2 Å². The molecule has 0 unspecified atom stereocenters. The fourth-order valence-corrected chi connectivity index (χ4v) is 1.55. The molecule has 6 heteroatoms. The van der Waals surface area contributed by atoms with Crippen LogP contribution >= 0.6 is 0 Å². The minimum atomic E-state index is -3.64. The summed E-state index contributed by atoms with van der Waals surface area (Å²) in [4.78, 5) is 0.121. The minimum absolute atomic E-state index is 0. The van der Waals surface area contributed by atoms with Gasteiger partial charge in [-0.3, -0.25) is 4.18 Å². The zero-order valence-corrected chi connectivity index (χ0v) is 7.12. The summed E-state index contributed by atoms with van der Waals surface area (Å²) < 4.78 is 26.6. The zero-order valence-electron chi connectivity index (χ0n) is 6.30. The molecule has 0 aliphatic rings. The van der Waals surface area contributed by atoms with Gasteiger partial charge in [-0.05, 0) is 12.1 Å². The van der Waals surface area contributed by atoms with Crippen molar-refractivity contribution in [1.82, 2.24) is 0 Å². The topological polar surface area (TPSA) is 69.4 Å². The number of hydrogen-bond donors (Lipinski definition) is 1. The van der Waals surface area contributed by atoms with Gasteiger partial charge in [0.25, 0.3) is 10.1 Å². The summed E-state index contributed by atoms with van der Waals surface area (Å²) in [5, 5.41) is 0. The second kappa shape index (κ2) is 5.74. The van der Waals surface area contributed by atoms with Gasteiger partial charge < -0.3 is 5.73 Å². The molecule has 68 valence electrons. The van der Waals surface area contributed by atoms with E-state index in [2.05, 4.69) is 4.18 Å². The molecule has 1 rings (SSSR count). The molecule has 0 saturated heterocycles. The van der Waals surface area contributed by atoms with Crippen LogP contribution in [0.1, 0.15) is 0 Å². The standard InChI is InChI=1S/C7H9NO3S.Na.H/c8-6-11-12(9,10)7-4-2-1-3-5-7;;/h1-5H,6,8H2;;. The molecule has 0 amide bonds. The molecule has 0 heterocycles. The molecule has 0 aliphatic heterocycles. The van der Waals surface area contributed by atoms with Crippen molar-refractivity contribution in [2.45, 2.75) is 4.90 Å².